The van der Waals surface area contributed by atoms with Crippen LogP contribution in [-0.4, -0.2) is 36.7 Å². The molecule has 8 heteroatoms. The molecule has 1 aromatic rings. The number of carbonyl (C=O) groups is 3. The van der Waals surface area contributed by atoms with E-state index in [1.165, 1.54) is 6.07 Å². The molecule has 0 radical (unpaired) electrons. The van der Waals surface area contributed by atoms with E-state index in [4.69, 9.17) is 14.1 Å². The van der Waals surface area contributed by atoms with Crippen LogP contribution < -0.4 is 4.65 Å². The first kappa shape index (κ1) is 19.4. The molecule has 1 aromatic carbocycles. The van der Waals surface area contributed by atoms with Crippen molar-refractivity contribution in [3.05, 3.63) is 29.3 Å². The lowest BCUT2D eigenvalue weighted by molar-refractivity contribution is -0.160. The second kappa shape index (κ2) is 8.56. The van der Waals surface area contributed by atoms with Gasteiger partial charge in [0.15, 0.2) is 0 Å². The second-order valence-electron chi connectivity index (χ2n) is 7.00. The van der Waals surface area contributed by atoms with Crippen LogP contribution in [0.1, 0.15) is 54.9 Å². The molecule has 0 aromatic heterocycles. The van der Waals surface area contributed by atoms with Gasteiger partial charge in [-0.3, -0.25) is 9.59 Å². The van der Waals surface area contributed by atoms with E-state index < -0.39 is 19.9 Å². The Morgan fingerprint density at radius 1 is 1.26 bits per heavy atom. The number of esters is 2. The molecule has 1 N–H and O–H groups in total. The molecular weight excluding hydrogens is 351 g/mol. The lowest BCUT2D eigenvalue weighted by Crippen LogP contribution is -2.36. The average Bonchev–Trinajstić information content (AvgIpc) is 2.60. The minimum atomic E-state index is -1.17. The summed E-state index contributed by atoms with van der Waals surface area (Å²) in [4.78, 5) is 35.7. The SMILES string of the molecule is CCC(=O)C[C@H]1Cc2cccc(C(=O)OCOC(=O)C3CCC3)c2OB1O. The Balaban J connectivity index is 1.62. The van der Waals surface area contributed by atoms with Gasteiger partial charge >= 0.3 is 19.1 Å². The Kier molecular flexibility index (Phi) is 6.16. The van der Waals surface area contributed by atoms with Gasteiger partial charge in [0.2, 0.25) is 6.79 Å². The minimum Gasteiger partial charge on any atom is -0.535 e. The van der Waals surface area contributed by atoms with Crippen molar-refractivity contribution in [3.8, 4) is 5.75 Å². The molecule has 144 valence electrons. The fourth-order valence-electron chi connectivity index (χ4n) is 3.24. The first-order chi connectivity index (χ1) is 13.0. The zero-order valence-corrected chi connectivity index (χ0v) is 15.3. The summed E-state index contributed by atoms with van der Waals surface area (Å²) >= 11 is 0. The normalized spacial score (nSPS) is 18.7. The van der Waals surface area contributed by atoms with Gasteiger partial charge < -0.3 is 19.2 Å². The third-order valence-electron chi connectivity index (χ3n) is 5.15. The van der Waals surface area contributed by atoms with Crippen LogP contribution in [0.15, 0.2) is 18.2 Å². The number of ether oxygens (including phenoxy) is 2. The minimum absolute atomic E-state index is 0.0509. The van der Waals surface area contributed by atoms with Crippen molar-refractivity contribution < 1.29 is 33.5 Å². The molecule has 7 nitrogen and oxygen atoms in total. The van der Waals surface area contributed by atoms with Gasteiger partial charge in [0.25, 0.3) is 0 Å². The Morgan fingerprint density at radius 3 is 2.70 bits per heavy atom. The van der Waals surface area contributed by atoms with Gasteiger partial charge in [0.05, 0.1) is 5.92 Å². The molecule has 1 heterocycles. The van der Waals surface area contributed by atoms with E-state index in [2.05, 4.69) is 0 Å². The van der Waals surface area contributed by atoms with Crippen LogP contribution in [0.5, 0.6) is 5.75 Å². The third-order valence-corrected chi connectivity index (χ3v) is 5.15. The smallest absolute Gasteiger partial charge is 0.526 e. The maximum absolute atomic E-state index is 12.3. The first-order valence-electron chi connectivity index (χ1n) is 9.31. The molecule has 1 fully saturated rings. The Hall–Kier alpha value is -2.35. The highest BCUT2D eigenvalue weighted by atomic mass is 16.7. The van der Waals surface area contributed by atoms with Crippen molar-refractivity contribution in [1.29, 1.82) is 0 Å². The van der Waals surface area contributed by atoms with Gasteiger partial charge in [-0.15, -0.1) is 0 Å². The maximum atomic E-state index is 12.3. The van der Waals surface area contributed by atoms with Crippen LogP contribution >= 0.6 is 0 Å². The number of Topliss-reactive ketones (excluding diaryl/α,β-unsaturated/α-hetero) is 1. The Morgan fingerprint density at radius 2 is 2.04 bits per heavy atom. The molecule has 27 heavy (non-hydrogen) atoms. The van der Waals surface area contributed by atoms with E-state index in [0.29, 0.717) is 12.8 Å². The second-order valence-corrected chi connectivity index (χ2v) is 7.00. The standard InChI is InChI=1S/C19H23BO7/c1-2-15(21)10-14-9-13-7-4-8-16(17(13)27-20(14)24)19(23)26-11-25-18(22)12-5-3-6-12/h4,7-8,12,14,24H,2-3,5-6,9-11H2,1H3/t14-/m1/s1. The van der Waals surface area contributed by atoms with Crippen molar-refractivity contribution in [2.45, 2.75) is 51.3 Å². The predicted octanol–water partition coefficient (Wildman–Crippen LogP) is 2.30. The highest BCUT2D eigenvalue weighted by Gasteiger charge is 2.37. The molecule has 0 bridgehead atoms. The highest BCUT2D eigenvalue weighted by molar-refractivity contribution is 6.47. The molecule has 0 amide bonds. The number of ketones is 1. The van der Waals surface area contributed by atoms with Gasteiger partial charge in [-0.2, -0.15) is 0 Å². The van der Waals surface area contributed by atoms with Gasteiger partial charge in [0, 0.05) is 18.7 Å². The summed E-state index contributed by atoms with van der Waals surface area (Å²) in [6.07, 6.45) is 3.70. The molecule has 1 aliphatic carbocycles. The van der Waals surface area contributed by atoms with Crippen LogP contribution in [0.4, 0.5) is 0 Å². The van der Waals surface area contributed by atoms with Crippen molar-refractivity contribution in [1.82, 2.24) is 0 Å². The van der Waals surface area contributed by atoms with E-state index in [-0.39, 0.29) is 41.2 Å². The number of benzene rings is 1. The number of hydrogen-bond acceptors (Lipinski definition) is 7. The summed E-state index contributed by atoms with van der Waals surface area (Å²) in [5.41, 5.74) is 0.890. The van der Waals surface area contributed by atoms with Gasteiger partial charge in [-0.25, -0.2) is 4.79 Å². The van der Waals surface area contributed by atoms with Gasteiger partial charge in [0.1, 0.15) is 17.1 Å². The summed E-state index contributed by atoms with van der Waals surface area (Å²) in [7, 11) is -1.17. The largest absolute Gasteiger partial charge is 0.535 e. The lowest BCUT2D eigenvalue weighted by atomic mass is 9.64. The van der Waals surface area contributed by atoms with Crippen LogP contribution in [0.2, 0.25) is 5.82 Å². The van der Waals surface area contributed by atoms with Crippen LogP contribution in [0, 0.1) is 5.92 Å². The third kappa shape index (κ3) is 4.50. The molecule has 2 aliphatic rings. The average molecular weight is 374 g/mol. The number of carbonyl (C=O) groups excluding carboxylic acids is 3. The quantitative estimate of drug-likeness (QED) is 0.444. The number of rotatable bonds is 7. The maximum Gasteiger partial charge on any atom is 0.526 e. The van der Waals surface area contributed by atoms with Crippen molar-refractivity contribution in [3.63, 3.8) is 0 Å². The highest BCUT2D eigenvalue weighted by Crippen LogP contribution is 2.36. The van der Waals surface area contributed by atoms with Crippen molar-refractivity contribution >= 4 is 24.8 Å². The van der Waals surface area contributed by atoms with E-state index >= 15 is 0 Å². The zero-order chi connectivity index (χ0) is 19.4. The van der Waals surface area contributed by atoms with E-state index in [1.807, 2.05) is 0 Å². The van der Waals surface area contributed by atoms with Crippen LogP contribution in [0.25, 0.3) is 0 Å². The van der Waals surface area contributed by atoms with E-state index in [0.717, 1.165) is 24.8 Å². The van der Waals surface area contributed by atoms with Crippen molar-refractivity contribution in [2.24, 2.45) is 5.92 Å². The molecule has 1 saturated carbocycles. The summed E-state index contributed by atoms with van der Waals surface area (Å²) < 4.78 is 15.5. The first-order valence-corrected chi connectivity index (χ1v) is 9.31. The molecule has 1 atom stereocenters. The van der Waals surface area contributed by atoms with Crippen molar-refractivity contribution in [2.75, 3.05) is 6.79 Å². The Bertz CT molecular complexity index is 729. The summed E-state index contributed by atoms with van der Waals surface area (Å²) in [5, 5.41) is 10.2. The molecule has 0 saturated heterocycles. The summed E-state index contributed by atoms with van der Waals surface area (Å²) in [6.45, 7) is 1.33. The molecule has 0 unspecified atom stereocenters. The monoisotopic (exact) mass is 374 g/mol. The molecule has 3 rings (SSSR count). The number of para-hydroxylation sites is 1. The van der Waals surface area contributed by atoms with Crippen LogP contribution in [0.3, 0.4) is 0 Å². The molecule has 1 aliphatic heterocycles. The summed E-state index contributed by atoms with van der Waals surface area (Å²) in [6, 6.07) is 5.01. The van der Waals surface area contributed by atoms with Crippen LogP contribution in [-0.2, 0) is 25.5 Å². The van der Waals surface area contributed by atoms with E-state index in [9.17, 15) is 19.4 Å². The van der Waals surface area contributed by atoms with Gasteiger partial charge in [-0.1, -0.05) is 25.5 Å². The molecule has 0 spiro atoms. The zero-order valence-electron chi connectivity index (χ0n) is 15.3. The van der Waals surface area contributed by atoms with E-state index in [1.54, 1.807) is 19.1 Å². The fourth-order valence-corrected chi connectivity index (χ4v) is 3.24. The fraction of sp³-hybridized carbons (Fsp3) is 0.526. The lowest BCUT2D eigenvalue weighted by Gasteiger charge is -2.28. The number of fused-ring (bicyclic) bond motifs is 1. The predicted molar refractivity (Wildman–Crippen MR) is 96.1 cm³/mol. The van der Waals surface area contributed by atoms with Gasteiger partial charge in [-0.05, 0) is 30.9 Å². The number of hydrogen-bond donors (Lipinski definition) is 1. The molecular formula is C19H23BO7. The topological polar surface area (TPSA) is 99.1 Å². The Labute approximate surface area is 158 Å². The summed E-state index contributed by atoms with van der Waals surface area (Å²) in [5.74, 6) is -1.17.